The summed E-state index contributed by atoms with van der Waals surface area (Å²) in [6.45, 7) is 2.44. The third-order valence-electron chi connectivity index (χ3n) is 5.06. The molecular formula is C21H22N2O2S. The highest BCUT2D eigenvalue weighted by Crippen LogP contribution is 2.31. The fourth-order valence-corrected chi connectivity index (χ4v) is 4.61. The van der Waals surface area contributed by atoms with Gasteiger partial charge >= 0.3 is 0 Å². The summed E-state index contributed by atoms with van der Waals surface area (Å²) < 4.78 is 0. The van der Waals surface area contributed by atoms with Gasteiger partial charge in [-0.25, -0.2) is 0 Å². The zero-order chi connectivity index (χ0) is 17.9. The van der Waals surface area contributed by atoms with Crippen molar-refractivity contribution < 1.29 is 9.59 Å². The first kappa shape index (κ1) is 17.2. The molecule has 0 unspecified atom stereocenters. The molecule has 2 aromatic carbocycles. The van der Waals surface area contributed by atoms with Crippen molar-refractivity contribution in [3.05, 3.63) is 59.7 Å². The minimum absolute atomic E-state index is 0.0201. The number of rotatable bonds is 4. The first-order valence-corrected chi connectivity index (χ1v) is 10.1. The van der Waals surface area contributed by atoms with Crippen molar-refractivity contribution >= 4 is 29.3 Å². The lowest BCUT2D eigenvalue weighted by molar-refractivity contribution is -0.127. The molecule has 5 heteroatoms. The van der Waals surface area contributed by atoms with Crippen LogP contribution in [-0.2, 0) is 11.2 Å². The average Bonchev–Trinajstić information content (AvgIpc) is 3.35. The summed E-state index contributed by atoms with van der Waals surface area (Å²) in [7, 11) is 0. The van der Waals surface area contributed by atoms with Gasteiger partial charge in [0.15, 0.2) is 0 Å². The molecule has 26 heavy (non-hydrogen) atoms. The van der Waals surface area contributed by atoms with E-state index >= 15 is 0 Å². The molecule has 1 saturated heterocycles. The molecule has 0 bridgehead atoms. The molecule has 1 fully saturated rings. The third kappa shape index (κ3) is 3.36. The molecule has 0 saturated carbocycles. The Labute approximate surface area is 158 Å². The number of para-hydroxylation sites is 1. The van der Waals surface area contributed by atoms with Crippen LogP contribution in [-0.4, -0.2) is 42.1 Å². The molecule has 0 aliphatic carbocycles. The first-order valence-electron chi connectivity index (χ1n) is 9.13. The van der Waals surface area contributed by atoms with E-state index in [1.165, 1.54) is 17.3 Å². The number of benzene rings is 2. The summed E-state index contributed by atoms with van der Waals surface area (Å²) in [4.78, 5) is 30.1. The zero-order valence-corrected chi connectivity index (χ0v) is 15.5. The minimum atomic E-state index is 0.0201. The molecule has 2 aromatic rings. The molecule has 134 valence electrons. The number of amides is 2. The van der Waals surface area contributed by atoms with Gasteiger partial charge in [0.1, 0.15) is 0 Å². The van der Waals surface area contributed by atoms with Crippen molar-refractivity contribution in [2.24, 2.45) is 0 Å². The van der Waals surface area contributed by atoms with Crippen LogP contribution in [0.4, 0.5) is 5.69 Å². The van der Waals surface area contributed by atoms with Crippen LogP contribution in [0.3, 0.4) is 0 Å². The number of fused-ring (bicyclic) bond motifs is 1. The maximum absolute atomic E-state index is 13.1. The van der Waals surface area contributed by atoms with Gasteiger partial charge in [-0.15, -0.1) is 11.8 Å². The van der Waals surface area contributed by atoms with E-state index in [-0.39, 0.29) is 11.8 Å². The number of hydrogen-bond acceptors (Lipinski definition) is 3. The summed E-state index contributed by atoms with van der Waals surface area (Å²) in [5.41, 5.74) is 2.91. The predicted molar refractivity (Wildman–Crippen MR) is 105 cm³/mol. The molecule has 4 nitrogen and oxygen atoms in total. The molecular weight excluding hydrogens is 344 g/mol. The summed E-state index contributed by atoms with van der Waals surface area (Å²) in [5.74, 6) is 0.578. The van der Waals surface area contributed by atoms with Gasteiger partial charge in [0.2, 0.25) is 5.91 Å². The predicted octanol–water partition coefficient (Wildman–Crippen LogP) is 3.60. The van der Waals surface area contributed by atoms with Gasteiger partial charge in [-0.2, -0.15) is 0 Å². The quantitative estimate of drug-likeness (QED) is 0.776. The molecule has 0 atom stereocenters. The molecule has 2 amide bonds. The highest BCUT2D eigenvalue weighted by atomic mass is 32.2. The van der Waals surface area contributed by atoms with Gasteiger partial charge in [-0.1, -0.05) is 30.3 Å². The Morgan fingerprint density at radius 1 is 0.923 bits per heavy atom. The van der Waals surface area contributed by atoms with E-state index in [1.807, 2.05) is 52.3 Å². The first-order chi connectivity index (χ1) is 12.7. The molecule has 0 aromatic heterocycles. The lowest BCUT2D eigenvalue weighted by Gasteiger charge is -2.19. The second-order valence-corrected chi connectivity index (χ2v) is 7.73. The monoisotopic (exact) mass is 366 g/mol. The summed E-state index contributed by atoms with van der Waals surface area (Å²) in [6.07, 6.45) is 3.09. The van der Waals surface area contributed by atoms with Gasteiger partial charge in [-0.3, -0.25) is 9.59 Å². The molecule has 2 aliphatic heterocycles. The normalized spacial score (nSPS) is 16.0. The van der Waals surface area contributed by atoms with Crippen LogP contribution >= 0.6 is 11.8 Å². The maximum Gasteiger partial charge on any atom is 0.259 e. The van der Waals surface area contributed by atoms with E-state index in [9.17, 15) is 9.59 Å². The Kier molecular flexibility index (Phi) is 4.98. The Balaban J connectivity index is 1.50. The van der Waals surface area contributed by atoms with E-state index in [0.717, 1.165) is 42.9 Å². The van der Waals surface area contributed by atoms with Crippen LogP contribution in [0.1, 0.15) is 28.8 Å². The van der Waals surface area contributed by atoms with Crippen molar-refractivity contribution in [3.8, 4) is 0 Å². The van der Waals surface area contributed by atoms with Crippen LogP contribution in [0.5, 0.6) is 0 Å². The second-order valence-electron chi connectivity index (χ2n) is 6.71. The Bertz CT molecular complexity index is 830. The number of carbonyl (C=O) groups excluding carboxylic acids is 2. The van der Waals surface area contributed by atoms with Gasteiger partial charge in [0, 0.05) is 30.2 Å². The standard InChI is InChI=1S/C21H22N2O2S/c24-20(22-12-5-6-13-22)15-26-19-10-4-2-8-17(19)21(25)23-14-11-16-7-1-3-9-18(16)23/h1-4,7-10H,5-6,11-15H2. The van der Waals surface area contributed by atoms with Crippen molar-refractivity contribution in [2.45, 2.75) is 24.2 Å². The molecule has 0 N–H and O–H groups in total. The van der Waals surface area contributed by atoms with Crippen molar-refractivity contribution in [2.75, 3.05) is 30.3 Å². The lowest BCUT2D eigenvalue weighted by atomic mass is 10.1. The summed E-state index contributed by atoms with van der Waals surface area (Å²) in [6, 6.07) is 15.7. The maximum atomic E-state index is 13.1. The van der Waals surface area contributed by atoms with Crippen LogP contribution in [0, 0.1) is 0 Å². The summed E-state index contributed by atoms with van der Waals surface area (Å²) in [5, 5.41) is 0. The fourth-order valence-electron chi connectivity index (χ4n) is 3.66. The van der Waals surface area contributed by atoms with Crippen molar-refractivity contribution in [3.63, 3.8) is 0 Å². The van der Waals surface area contributed by atoms with Gasteiger partial charge in [-0.05, 0) is 43.0 Å². The van der Waals surface area contributed by atoms with E-state index in [2.05, 4.69) is 6.07 Å². The van der Waals surface area contributed by atoms with Gasteiger partial charge < -0.3 is 9.80 Å². The topological polar surface area (TPSA) is 40.6 Å². The third-order valence-corrected chi connectivity index (χ3v) is 6.12. The van der Waals surface area contributed by atoms with E-state index in [0.29, 0.717) is 17.9 Å². The molecule has 0 radical (unpaired) electrons. The van der Waals surface area contributed by atoms with Gasteiger partial charge in [0.05, 0.1) is 11.3 Å². The number of thioether (sulfide) groups is 1. The smallest absolute Gasteiger partial charge is 0.259 e. The van der Waals surface area contributed by atoms with Crippen LogP contribution in [0.2, 0.25) is 0 Å². The average molecular weight is 366 g/mol. The molecule has 2 aliphatic rings. The fraction of sp³-hybridized carbons (Fsp3) is 0.333. The largest absolute Gasteiger partial charge is 0.342 e. The van der Waals surface area contributed by atoms with Crippen LogP contribution < -0.4 is 4.90 Å². The van der Waals surface area contributed by atoms with Crippen molar-refractivity contribution in [1.82, 2.24) is 4.90 Å². The number of hydrogen-bond donors (Lipinski definition) is 0. The SMILES string of the molecule is O=C(CSc1ccccc1C(=O)N1CCc2ccccc21)N1CCCC1. The van der Waals surface area contributed by atoms with E-state index < -0.39 is 0 Å². The molecule has 0 spiro atoms. The second kappa shape index (κ2) is 7.54. The van der Waals surface area contributed by atoms with Gasteiger partial charge in [0.25, 0.3) is 5.91 Å². The Hall–Kier alpha value is -2.27. The Morgan fingerprint density at radius 2 is 1.65 bits per heavy atom. The minimum Gasteiger partial charge on any atom is -0.342 e. The molecule has 2 heterocycles. The van der Waals surface area contributed by atoms with Crippen LogP contribution in [0.25, 0.3) is 0 Å². The number of likely N-dealkylation sites (tertiary alicyclic amines) is 1. The Morgan fingerprint density at radius 3 is 2.50 bits per heavy atom. The number of carbonyl (C=O) groups is 2. The number of nitrogens with zero attached hydrogens (tertiary/aromatic N) is 2. The zero-order valence-electron chi connectivity index (χ0n) is 14.7. The van der Waals surface area contributed by atoms with E-state index in [1.54, 1.807) is 0 Å². The highest BCUT2D eigenvalue weighted by molar-refractivity contribution is 8.00. The highest BCUT2D eigenvalue weighted by Gasteiger charge is 2.27. The lowest BCUT2D eigenvalue weighted by Crippen LogP contribution is -2.30. The van der Waals surface area contributed by atoms with Crippen LogP contribution in [0.15, 0.2) is 53.4 Å². The molecule has 4 rings (SSSR count). The summed E-state index contributed by atoms with van der Waals surface area (Å²) >= 11 is 1.47. The van der Waals surface area contributed by atoms with E-state index in [4.69, 9.17) is 0 Å². The number of anilines is 1. The van der Waals surface area contributed by atoms with Crippen molar-refractivity contribution in [1.29, 1.82) is 0 Å².